The third kappa shape index (κ3) is 4.36. The molecule has 35 heavy (non-hydrogen) atoms. The van der Waals surface area contributed by atoms with E-state index in [0.29, 0.717) is 67.8 Å². The molecule has 1 aromatic carbocycles. The first kappa shape index (κ1) is 23.3. The van der Waals surface area contributed by atoms with Crippen LogP contribution < -0.4 is 15.4 Å². The highest BCUT2D eigenvalue weighted by atomic mass is 19.4. The third-order valence-electron chi connectivity index (χ3n) is 6.20. The molecule has 186 valence electrons. The number of fused-ring (bicyclic) bond motifs is 2. The number of rotatable bonds is 5. The average Bonchev–Trinajstić information content (AvgIpc) is 3.47. The van der Waals surface area contributed by atoms with Crippen molar-refractivity contribution in [2.24, 2.45) is 0 Å². The summed E-state index contributed by atoms with van der Waals surface area (Å²) in [6.07, 6.45) is -3.01. The number of pyridine rings is 1. The van der Waals surface area contributed by atoms with Crippen LogP contribution in [0.25, 0.3) is 11.0 Å². The van der Waals surface area contributed by atoms with Crippen molar-refractivity contribution in [3.63, 3.8) is 0 Å². The van der Waals surface area contributed by atoms with Crippen molar-refractivity contribution in [1.29, 1.82) is 0 Å². The maximum absolute atomic E-state index is 13.5. The molecule has 8 nitrogen and oxygen atoms in total. The molecule has 2 aliphatic heterocycles. The van der Waals surface area contributed by atoms with E-state index in [1.807, 2.05) is 13.8 Å². The van der Waals surface area contributed by atoms with Gasteiger partial charge in [0.2, 0.25) is 0 Å². The van der Waals surface area contributed by atoms with Crippen LogP contribution in [0.2, 0.25) is 0 Å². The summed E-state index contributed by atoms with van der Waals surface area (Å²) in [4.78, 5) is 22.0. The zero-order valence-corrected chi connectivity index (χ0v) is 19.4. The Hall–Kier alpha value is -3.47. The molecule has 4 heterocycles. The number of ether oxygens (including phenoxy) is 2. The van der Waals surface area contributed by atoms with Crippen LogP contribution in [-0.4, -0.2) is 59.7 Å². The summed E-state index contributed by atoms with van der Waals surface area (Å²) in [5, 5.41) is 6.17. The van der Waals surface area contributed by atoms with Gasteiger partial charge in [0.05, 0.1) is 36.0 Å². The van der Waals surface area contributed by atoms with Gasteiger partial charge in [0, 0.05) is 55.1 Å². The van der Waals surface area contributed by atoms with Crippen LogP contribution in [0.4, 0.5) is 30.4 Å². The van der Waals surface area contributed by atoms with Crippen molar-refractivity contribution in [3.05, 3.63) is 41.1 Å². The van der Waals surface area contributed by atoms with E-state index in [1.54, 1.807) is 23.1 Å². The molecule has 1 atom stereocenters. The Bertz CT molecular complexity index is 1270. The molecule has 3 aromatic rings. The SMILES string of the molecule is CCNc1cc(Nc2ccc(C(=O)N3CCO[C@H](C)C3)c3c2OCC3)nc2[nH]cc(C(F)(F)F)c12. The molecule has 2 aromatic heterocycles. The van der Waals surface area contributed by atoms with E-state index in [4.69, 9.17) is 9.47 Å². The van der Waals surface area contributed by atoms with Crippen LogP contribution in [0.5, 0.6) is 5.75 Å². The predicted octanol–water partition coefficient (Wildman–Crippen LogP) is 4.55. The Morgan fingerprint density at radius 3 is 2.86 bits per heavy atom. The fourth-order valence-electron chi connectivity index (χ4n) is 4.66. The zero-order chi connectivity index (χ0) is 24.7. The molecule has 0 unspecified atom stereocenters. The fourth-order valence-corrected chi connectivity index (χ4v) is 4.66. The van der Waals surface area contributed by atoms with Gasteiger partial charge in [0.15, 0.2) is 0 Å². The Morgan fingerprint density at radius 2 is 2.11 bits per heavy atom. The number of anilines is 3. The van der Waals surface area contributed by atoms with Crippen molar-refractivity contribution < 1.29 is 27.4 Å². The second-order valence-corrected chi connectivity index (χ2v) is 8.63. The summed E-state index contributed by atoms with van der Waals surface area (Å²) < 4.78 is 51.8. The van der Waals surface area contributed by atoms with Gasteiger partial charge in [-0.05, 0) is 26.0 Å². The Balaban J connectivity index is 1.48. The van der Waals surface area contributed by atoms with E-state index >= 15 is 0 Å². The van der Waals surface area contributed by atoms with E-state index in [2.05, 4.69) is 20.6 Å². The smallest absolute Gasteiger partial charge is 0.418 e. The third-order valence-corrected chi connectivity index (χ3v) is 6.20. The molecule has 11 heteroatoms. The highest BCUT2D eigenvalue weighted by Gasteiger charge is 2.35. The van der Waals surface area contributed by atoms with Crippen molar-refractivity contribution in [3.8, 4) is 5.75 Å². The lowest BCUT2D eigenvalue weighted by molar-refractivity contribution is -0.136. The number of hydrogen-bond donors (Lipinski definition) is 3. The van der Waals surface area contributed by atoms with Crippen LogP contribution in [-0.2, 0) is 17.3 Å². The molecule has 2 aliphatic rings. The molecule has 0 aliphatic carbocycles. The van der Waals surface area contributed by atoms with Crippen LogP contribution in [0.15, 0.2) is 24.4 Å². The van der Waals surface area contributed by atoms with Crippen molar-refractivity contribution in [2.75, 3.05) is 43.5 Å². The largest absolute Gasteiger partial charge is 0.491 e. The van der Waals surface area contributed by atoms with Gasteiger partial charge in [0.25, 0.3) is 5.91 Å². The summed E-state index contributed by atoms with van der Waals surface area (Å²) in [5.41, 5.74) is 1.66. The molecule has 0 spiro atoms. The quantitative estimate of drug-likeness (QED) is 0.487. The van der Waals surface area contributed by atoms with Crippen LogP contribution in [0.1, 0.15) is 35.3 Å². The van der Waals surface area contributed by atoms with Gasteiger partial charge in [-0.25, -0.2) is 4.98 Å². The van der Waals surface area contributed by atoms with E-state index in [1.165, 1.54) is 0 Å². The van der Waals surface area contributed by atoms with Gasteiger partial charge < -0.3 is 30.0 Å². The van der Waals surface area contributed by atoms with Crippen molar-refractivity contribution in [1.82, 2.24) is 14.9 Å². The number of alkyl halides is 3. The number of hydrogen-bond acceptors (Lipinski definition) is 6. The Labute approximate surface area is 199 Å². The maximum atomic E-state index is 13.5. The molecule has 0 radical (unpaired) electrons. The molecule has 5 rings (SSSR count). The molecule has 1 fully saturated rings. The van der Waals surface area contributed by atoms with E-state index in [0.717, 1.165) is 11.8 Å². The number of nitrogens with zero attached hydrogens (tertiary/aromatic N) is 2. The number of halogens is 3. The number of benzene rings is 1. The predicted molar refractivity (Wildman–Crippen MR) is 126 cm³/mol. The number of H-pyrrole nitrogens is 1. The van der Waals surface area contributed by atoms with Gasteiger partial charge in [-0.2, -0.15) is 13.2 Å². The summed E-state index contributed by atoms with van der Waals surface area (Å²) in [6.45, 7) is 6.19. The van der Waals surface area contributed by atoms with E-state index in [9.17, 15) is 18.0 Å². The van der Waals surface area contributed by atoms with Gasteiger partial charge in [-0.3, -0.25) is 4.79 Å². The lowest BCUT2D eigenvalue weighted by Crippen LogP contribution is -2.44. The second kappa shape index (κ2) is 8.95. The molecule has 0 bridgehead atoms. The lowest BCUT2D eigenvalue weighted by atomic mass is 10.0. The monoisotopic (exact) mass is 489 g/mol. The number of carbonyl (C=O) groups is 1. The number of aromatic nitrogens is 2. The lowest BCUT2D eigenvalue weighted by Gasteiger charge is -2.31. The summed E-state index contributed by atoms with van der Waals surface area (Å²) in [7, 11) is 0. The van der Waals surface area contributed by atoms with Crippen LogP contribution >= 0.6 is 0 Å². The number of carbonyl (C=O) groups excluding carboxylic acids is 1. The average molecular weight is 489 g/mol. The Kier molecular flexibility index (Phi) is 5.96. The zero-order valence-electron chi connectivity index (χ0n) is 19.4. The molecular formula is C24H26F3N5O3. The number of amides is 1. The summed E-state index contributed by atoms with van der Waals surface area (Å²) >= 11 is 0. The Morgan fingerprint density at radius 1 is 1.29 bits per heavy atom. The van der Waals surface area contributed by atoms with Crippen LogP contribution in [0.3, 0.4) is 0 Å². The highest BCUT2D eigenvalue weighted by molar-refractivity contribution is 5.98. The van der Waals surface area contributed by atoms with Crippen molar-refractivity contribution >= 4 is 34.1 Å². The first-order valence-corrected chi connectivity index (χ1v) is 11.6. The fraction of sp³-hybridized carbons (Fsp3) is 0.417. The molecule has 1 amide bonds. The maximum Gasteiger partial charge on any atom is 0.418 e. The number of aromatic amines is 1. The minimum Gasteiger partial charge on any atom is -0.491 e. The van der Waals surface area contributed by atoms with E-state index in [-0.39, 0.29) is 23.0 Å². The first-order valence-electron chi connectivity index (χ1n) is 11.6. The minimum atomic E-state index is -4.51. The first-order chi connectivity index (χ1) is 16.8. The number of morpholine rings is 1. The molecular weight excluding hydrogens is 463 g/mol. The minimum absolute atomic E-state index is 0.00735. The topological polar surface area (TPSA) is 91.5 Å². The van der Waals surface area contributed by atoms with E-state index < -0.39 is 11.7 Å². The summed E-state index contributed by atoms with van der Waals surface area (Å²) in [5.74, 6) is 0.850. The summed E-state index contributed by atoms with van der Waals surface area (Å²) in [6, 6.07) is 5.05. The van der Waals surface area contributed by atoms with Gasteiger partial charge in [0.1, 0.15) is 17.2 Å². The number of nitrogens with one attached hydrogen (secondary N) is 3. The molecule has 3 N–H and O–H groups in total. The standard InChI is InChI=1S/C24H26F3N5O3/c1-3-28-18-10-19(31-22-20(18)16(11-29-22)24(25,26)27)30-17-5-4-15(14-6-8-35-21(14)17)23(33)32-7-9-34-13(2)12-32/h4-5,10-11,13H,3,6-9,12H2,1-2H3,(H3,28,29,30,31)/t13-/m1/s1. The second-order valence-electron chi connectivity index (χ2n) is 8.63. The normalized spacial score (nSPS) is 17.9. The highest BCUT2D eigenvalue weighted by Crippen LogP contribution is 2.41. The van der Waals surface area contributed by atoms with Gasteiger partial charge in [-0.15, -0.1) is 0 Å². The molecule has 1 saturated heterocycles. The van der Waals surface area contributed by atoms with Crippen molar-refractivity contribution in [2.45, 2.75) is 32.5 Å². The molecule has 0 saturated carbocycles. The van der Waals surface area contributed by atoms with Gasteiger partial charge in [-0.1, -0.05) is 0 Å². The van der Waals surface area contributed by atoms with Gasteiger partial charge >= 0.3 is 6.18 Å². The van der Waals surface area contributed by atoms with Crippen LogP contribution in [0, 0.1) is 0 Å².